The number of benzene rings is 2. The molecule has 0 aliphatic carbocycles. The second-order valence-corrected chi connectivity index (χ2v) is 4.79. The molecule has 1 aromatic heterocycles. The van der Waals surface area contributed by atoms with Crippen LogP contribution >= 0.6 is 0 Å². The van der Waals surface area contributed by atoms with Gasteiger partial charge in [0.15, 0.2) is 5.82 Å². The predicted molar refractivity (Wildman–Crippen MR) is 83.2 cm³/mol. The van der Waals surface area contributed by atoms with Crippen LogP contribution in [0.3, 0.4) is 0 Å². The first kappa shape index (κ1) is 13.1. The minimum atomic E-state index is -0.247. The van der Waals surface area contributed by atoms with E-state index in [-0.39, 0.29) is 5.91 Å². The third-order valence-corrected chi connectivity index (χ3v) is 3.29. The molecule has 2 N–H and O–H groups in total. The molecule has 0 radical (unpaired) electrons. The van der Waals surface area contributed by atoms with Crippen molar-refractivity contribution in [2.45, 2.75) is 6.92 Å². The highest BCUT2D eigenvalue weighted by Crippen LogP contribution is 2.26. The molecule has 0 saturated heterocycles. The van der Waals surface area contributed by atoms with Crippen LogP contribution in [0.4, 0.5) is 5.69 Å². The van der Waals surface area contributed by atoms with Crippen molar-refractivity contribution in [3.05, 3.63) is 72.3 Å². The molecule has 3 rings (SSSR count). The van der Waals surface area contributed by atoms with Gasteiger partial charge in [0.1, 0.15) is 0 Å². The van der Waals surface area contributed by atoms with E-state index in [1.54, 1.807) is 12.4 Å². The third kappa shape index (κ3) is 2.84. The van der Waals surface area contributed by atoms with Crippen LogP contribution in [0.2, 0.25) is 0 Å². The number of anilines is 1. The number of rotatable bonds is 3. The number of hydrogen-bond acceptors (Lipinski definition) is 2. The zero-order valence-corrected chi connectivity index (χ0v) is 11.6. The van der Waals surface area contributed by atoms with Crippen molar-refractivity contribution in [3.8, 4) is 11.1 Å². The second kappa shape index (κ2) is 5.63. The van der Waals surface area contributed by atoms with E-state index in [1.807, 2.05) is 36.4 Å². The Labute approximate surface area is 122 Å². The largest absolute Gasteiger partial charge is 0.341 e. The maximum atomic E-state index is 12.0. The summed E-state index contributed by atoms with van der Waals surface area (Å²) in [5, 5.41) is 2.85. The van der Waals surface area contributed by atoms with E-state index in [2.05, 4.69) is 34.3 Å². The molecular weight excluding hydrogens is 262 g/mol. The van der Waals surface area contributed by atoms with Crippen LogP contribution in [0.1, 0.15) is 16.2 Å². The van der Waals surface area contributed by atoms with Gasteiger partial charge in [-0.05, 0) is 35.7 Å². The quantitative estimate of drug-likeness (QED) is 0.768. The lowest BCUT2D eigenvalue weighted by molar-refractivity contribution is 0.101. The summed E-state index contributed by atoms with van der Waals surface area (Å²) in [4.78, 5) is 18.7. The number of imidazole rings is 1. The van der Waals surface area contributed by atoms with Crippen LogP contribution in [0.15, 0.2) is 60.9 Å². The number of aromatic nitrogens is 2. The Balaban J connectivity index is 1.90. The Morgan fingerprint density at radius 1 is 1.14 bits per heavy atom. The van der Waals surface area contributed by atoms with Gasteiger partial charge in [-0.1, -0.05) is 36.4 Å². The fourth-order valence-electron chi connectivity index (χ4n) is 2.21. The molecule has 3 aromatic rings. The summed E-state index contributed by atoms with van der Waals surface area (Å²) in [5.41, 5.74) is 4.15. The topological polar surface area (TPSA) is 57.8 Å². The van der Waals surface area contributed by atoms with Gasteiger partial charge >= 0.3 is 0 Å². The van der Waals surface area contributed by atoms with E-state index in [1.165, 1.54) is 0 Å². The van der Waals surface area contributed by atoms with Gasteiger partial charge < -0.3 is 10.3 Å². The molecule has 0 spiro atoms. The number of hydrogen-bond donors (Lipinski definition) is 2. The summed E-state index contributed by atoms with van der Waals surface area (Å²) in [7, 11) is 0. The lowest BCUT2D eigenvalue weighted by atomic mass is 10.00. The van der Waals surface area contributed by atoms with E-state index in [4.69, 9.17) is 0 Å². The molecule has 4 nitrogen and oxygen atoms in total. The Hall–Kier alpha value is -2.88. The highest BCUT2D eigenvalue weighted by molar-refractivity contribution is 6.01. The molecule has 0 atom stereocenters. The highest BCUT2D eigenvalue weighted by Gasteiger charge is 2.09. The zero-order chi connectivity index (χ0) is 14.7. The molecule has 4 heteroatoms. The summed E-state index contributed by atoms with van der Waals surface area (Å²) in [6, 6.07) is 16.0. The molecule has 21 heavy (non-hydrogen) atoms. The van der Waals surface area contributed by atoms with Crippen molar-refractivity contribution in [1.29, 1.82) is 0 Å². The van der Waals surface area contributed by atoms with E-state index in [0.29, 0.717) is 5.82 Å². The van der Waals surface area contributed by atoms with Gasteiger partial charge in [0.25, 0.3) is 5.91 Å². The number of aromatic amines is 1. The molecular formula is C17H15N3O. The molecule has 0 saturated carbocycles. The number of H-pyrrole nitrogens is 1. The molecule has 104 valence electrons. The predicted octanol–water partition coefficient (Wildman–Crippen LogP) is 3.64. The minimum absolute atomic E-state index is 0.247. The molecule has 0 fully saturated rings. The van der Waals surface area contributed by atoms with Crippen molar-refractivity contribution in [1.82, 2.24) is 9.97 Å². The summed E-state index contributed by atoms with van der Waals surface area (Å²) >= 11 is 0. The SMILES string of the molecule is Cc1ccc(NC(=O)c2ncc[nH]2)cc1-c1ccccc1. The first-order valence-electron chi connectivity index (χ1n) is 6.71. The normalized spacial score (nSPS) is 10.3. The van der Waals surface area contributed by atoms with Crippen LogP contribution in [-0.2, 0) is 0 Å². The first-order chi connectivity index (χ1) is 10.2. The molecule has 0 bridgehead atoms. The lowest BCUT2D eigenvalue weighted by Gasteiger charge is -2.10. The van der Waals surface area contributed by atoms with E-state index in [0.717, 1.165) is 22.4 Å². The molecule has 2 aromatic carbocycles. The maximum absolute atomic E-state index is 12.0. The Bertz CT molecular complexity index is 749. The highest BCUT2D eigenvalue weighted by atomic mass is 16.2. The van der Waals surface area contributed by atoms with Crippen LogP contribution in [-0.4, -0.2) is 15.9 Å². The van der Waals surface area contributed by atoms with Crippen molar-refractivity contribution in [2.24, 2.45) is 0 Å². The molecule has 1 amide bonds. The van der Waals surface area contributed by atoms with Crippen molar-refractivity contribution < 1.29 is 4.79 Å². The van der Waals surface area contributed by atoms with E-state index < -0.39 is 0 Å². The van der Waals surface area contributed by atoms with Crippen molar-refractivity contribution in [2.75, 3.05) is 5.32 Å². The van der Waals surface area contributed by atoms with Crippen LogP contribution < -0.4 is 5.32 Å². The third-order valence-electron chi connectivity index (χ3n) is 3.29. The number of nitrogens with one attached hydrogen (secondary N) is 2. The van der Waals surface area contributed by atoms with Crippen molar-refractivity contribution in [3.63, 3.8) is 0 Å². The minimum Gasteiger partial charge on any atom is -0.341 e. The van der Waals surface area contributed by atoms with Crippen LogP contribution in [0, 0.1) is 6.92 Å². The summed E-state index contributed by atoms with van der Waals surface area (Å²) < 4.78 is 0. The summed E-state index contributed by atoms with van der Waals surface area (Å²) in [6.45, 7) is 2.06. The molecule has 0 unspecified atom stereocenters. The van der Waals surface area contributed by atoms with E-state index >= 15 is 0 Å². The molecule has 0 aliphatic heterocycles. The molecule has 1 heterocycles. The second-order valence-electron chi connectivity index (χ2n) is 4.79. The lowest BCUT2D eigenvalue weighted by Crippen LogP contribution is -2.13. The fraction of sp³-hybridized carbons (Fsp3) is 0.0588. The van der Waals surface area contributed by atoms with Crippen LogP contribution in [0.5, 0.6) is 0 Å². The Morgan fingerprint density at radius 2 is 1.95 bits per heavy atom. The number of carbonyl (C=O) groups excluding carboxylic acids is 1. The Kier molecular flexibility index (Phi) is 3.51. The summed E-state index contributed by atoms with van der Waals surface area (Å²) in [6.07, 6.45) is 3.18. The van der Waals surface area contributed by atoms with Gasteiger partial charge in [-0.3, -0.25) is 4.79 Å². The van der Waals surface area contributed by atoms with Gasteiger partial charge in [-0.15, -0.1) is 0 Å². The molecule has 0 aliphatic rings. The van der Waals surface area contributed by atoms with Crippen LogP contribution in [0.25, 0.3) is 11.1 Å². The van der Waals surface area contributed by atoms with Gasteiger partial charge in [-0.2, -0.15) is 0 Å². The van der Waals surface area contributed by atoms with E-state index in [9.17, 15) is 4.79 Å². The average Bonchev–Trinajstić information content (AvgIpc) is 3.04. The Morgan fingerprint density at radius 3 is 2.67 bits per heavy atom. The van der Waals surface area contributed by atoms with Gasteiger partial charge in [0.2, 0.25) is 0 Å². The number of nitrogens with zero attached hydrogens (tertiary/aromatic N) is 1. The van der Waals surface area contributed by atoms with Gasteiger partial charge in [0.05, 0.1) is 0 Å². The van der Waals surface area contributed by atoms with Gasteiger partial charge in [-0.25, -0.2) is 4.98 Å². The van der Waals surface area contributed by atoms with Crippen molar-refractivity contribution >= 4 is 11.6 Å². The monoisotopic (exact) mass is 277 g/mol. The maximum Gasteiger partial charge on any atom is 0.291 e. The zero-order valence-electron chi connectivity index (χ0n) is 11.6. The number of aryl methyl sites for hydroxylation is 1. The first-order valence-corrected chi connectivity index (χ1v) is 6.71. The number of carbonyl (C=O) groups is 1. The summed E-state index contributed by atoms with van der Waals surface area (Å²) in [5.74, 6) is 0.0553. The standard InChI is InChI=1S/C17H15N3O/c1-12-7-8-14(20-17(21)16-18-9-10-19-16)11-15(12)13-5-3-2-4-6-13/h2-11H,1H3,(H,18,19)(H,20,21). The van der Waals surface area contributed by atoms with Gasteiger partial charge in [0, 0.05) is 18.1 Å². The smallest absolute Gasteiger partial charge is 0.291 e. The number of amides is 1. The fourth-order valence-corrected chi connectivity index (χ4v) is 2.21. The average molecular weight is 277 g/mol.